The zero-order valence-electron chi connectivity index (χ0n) is 11.6. The Morgan fingerprint density at radius 2 is 2.10 bits per heavy atom. The number of amides is 1. The number of anilines is 1. The smallest absolute Gasteiger partial charge is 0.224 e. The third-order valence-corrected chi connectivity index (χ3v) is 5.70. The fraction of sp³-hybridized carbons (Fsp3) is 0.412. The quantitative estimate of drug-likeness (QED) is 0.788. The summed E-state index contributed by atoms with van der Waals surface area (Å²) in [5.74, 6) is 0.357. The third-order valence-electron chi connectivity index (χ3n) is 5.70. The van der Waals surface area contributed by atoms with Crippen LogP contribution in [-0.4, -0.2) is 29.2 Å². The van der Waals surface area contributed by atoms with E-state index in [4.69, 9.17) is 0 Å². The molecule has 1 amide bonds. The van der Waals surface area contributed by atoms with Gasteiger partial charge in [-0.15, -0.1) is 0 Å². The highest BCUT2D eigenvalue weighted by atomic mass is 16.2. The molecule has 1 aliphatic carbocycles. The second-order valence-electron chi connectivity index (χ2n) is 6.56. The molecular formula is C17H16N2O2. The van der Waals surface area contributed by atoms with E-state index in [1.165, 1.54) is 5.56 Å². The summed E-state index contributed by atoms with van der Waals surface area (Å²) in [4.78, 5) is 27.0. The lowest BCUT2D eigenvalue weighted by molar-refractivity contribution is -0.133. The Kier molecular flexibility index (Phi) is 1.96. The molecule has 0 bridgehead atoms. The summed E-state index contributed by atoms with van der Waals surface area (Å²) >= 11 is 0. The molecule has 2 fully saturated rings. The number of fused-ring (bicyclic) bond motifs is 1. The van der Waals surface area contributed by atoms with E-state index in [9.17, 15) is 9.59 Å². The first-order valence-corrected chi connectivity index (χ1v) is 7.64. The first-order valence-electron chi connectivity index (χ1n) is 7.64. The van der Waals surface area contributed by atoms with Crippen molar-refractivity contribution in [1.82, 2.24) is 4.90 Å². The maximum absolute atomic E-state index is 12.6. The van der Waals surface area contributed by atoms with Crippen LogP contribution in [0.3, 0.4) is 0 Å². The second kappa shape index (κ2) is 3.56. The van der Waals surface area contributed by atoms with E-state index in [0.29, 0.717) is 6.42 Å². The SMILES string of the molecule is O=C1C=C2Nc3ccccc3[C@]23CC(=O)N2CCC[C@@H]1[C@@H]23. The molecule has 1 aromatic rings. The molecule has 1 aromatic carbocycles. The Morgan fingerprint density at radius 3 is 3.00 bits per heavy atom. The van der Waals surface area contributed by atoms with Crippen LogP contribution >= 0.6 is 0 Å². The molecule has 4 aliphatic rings. The van der Waals surface area contributed by atoms with Crippen LogP contribution in [0.5, 0.6) is 0 Å². The second-order valence-corrected chi connectivity index (χ2v) is 6.56. The number of ketones is 1. The van der Waals surface area contributed by atoms with E-state index >= 15 is 0 Å². The molecular weight excluding hydrogens is 264 g/mol. The monoisotopic (exact) mass is 280 g/mol. The molecule has 1 N–H and O–H groups in total. The number of carbonyl (C=O) groups excluding carboxylic acids is 2. The van der Waals surface area contributed by atoms with E-state index in [1.54, 1.807) is 6.08 Å². The van der Waals surface area contributed by atoms with Crippen molar-refractivity contribution in [2.45, 2.75) is 30.7 Å². The number of carbonyl (C=O) groups is 2. The number of para-hydroxylation sites is 1. The highest BCUT2D eigenvalue weighted by Crippen LogP contribution is 2.58. The minimum atomic E-state index is -0.313. The van der Waals surface area contributed by atoms with E-state index in [2.05, 4.69) is 11.4 Å². The molecule has 3 aliphatic heterocycles. The molecule has 0 saturated carbocycles. The number of nitrogens with one attached hydrogen (secondary N) is 1. The first-order chi connectivity index (χ1) is 10.2. The van der Waals surface area contributed by atoms with Gasteiger partial charge in [0.2, 0.25) is 5.91 Å². The van der Waals surface area contributed by atoms with Gasteiger partial charge in [-0.1, -0.05) is 18.2 Å². The molecule has 3 heterocycles. The van der Waals surface area contributed by atoms with Crippen molar-refractivity contribution in [1.29, 1.82) is 0 Å². The summed E-state index contributed by atoms with van der Waals surface area (Å²) in [6.07, 6.45) is 4.11. The molecule has 0 radical (unpaired) electrons. The van der Waals surface area contributed by atoms with Crippen LogP contribution < -0.4 is 5.32 Å². The van der Waals surface area contributed by atoms with Crippen LogP contribution in [0.25, 0.3) is 0 Å². The highest BCUT2D eigenvalue weighted by Gasteiger charge is 2.64. The molecule has 0 unspecified atom stereocenters. The summed E-state index contributed by atoms with van der Waals surface area (Å²) in [5.41, 5.74) is 2.87. The van der Waals surface area contributed by atoms with E-state index in [1.807, 2.05) is 23.1 Å². The highest BCUT2D eigenvalue weighted by molar-refractivity contribution is 6.00. The number of nitrogens with zero attached hydrogens (tertiary/aromatic N) is 1. The van der Waals surface area contributed by atoms with Crippen LogP contribution in [0.1, 0.15) is 24.8 Å². The lowest BCUT2D eigenvalue weighted by Crippen LogP contribution is -2.55. The molecule has 0 aromatic heterocycles. The van der Waals surface area contributed by atoms with Crippen molar-refractivity contribution in [2.24, 2.45) is 5.92 Å². The Bertz CT molecular complexity index is 723. The molecule has 3 atom stereocenters. The predicted octanol–water partition coefficient (Wildman–Crippen LogP) is 1.83. The van der Waals surface area contributed by atoms with Crippen LogP contribution in [0.4, 0.5) is 5.69 Å². The maximum atomic E-state index is 12.6. The summed E-state index contributed by atoms with van der Waals surface area (Å²) in [7, 11) is 0. The number of benzene rings is 1. The van der Waals surface area contributed by atoms with Crippen molar-refractivity contribution in [3.63, 3.8) is 0 Å². The van der Waals surface area contributed by atoms with Gasteiger partial charge < -0.3 is 10.2 Å². The average Bonchev–Trinajstić information content (AvgIpc) is 2.97. The zero-order valence-corrected chi connectivity index (χ0v) is 11.6. The van der Waals surface area contributed by atoms with Crippen LogP contribution in [0, 0.1) is 5.92 Å². The summed E-state index contributed by atoms with van der Waals surface area (Å²) < 4.78 is 0. The first kappa shape index (κ1) is 11.5. The molecule has 2 saturated heterocycles. The summed E-state index contributed by atoms with van der Waals surface area (Å²) in [6.45, 7) is 0.796. The number of hydrogen-bond acceptors (Lipinski definition) is 3. The van der Waals surface area contributed by atoms with Gasteiger partial charge in [0, 0.05) is 36.3 Å². The van der Waals surface area contributed by atoms with Crippen molar-refractivity contribution in [2.75, 3.05) is 11.9 Å². The van der Waals surface area contributed by atoms with Crippen LogP contribution in [0.2, 0.25) is 0 Å². The zero-order chi connectivity index (χ0) is 14.2. The fourth-order valence-corrected chi connectivity index (χ4v) is 4.93. The molecule has 106 valence electrons. The van der Waals surface area contributed by atoms with Crippen molar-refractivity contribution < 1.29 is 9.59 Å². The van der Waals surface area contributed by atoms with Gasteiger partial charge in [-0.25, -0.2) is 0 Å². The Morgan fingerprint density at radius 1 is 1.24 bits per heavy atom. The van der Waals surface area contributed by atoms with E-state index in [0.717, 1.165) is 30.8 Å². The Hall–Kier alpha value is -2.10. The van der Waals surface area contributed by atoms with Crippen LogP contribution in [0.15, 0.2) is 36.0 Å². The van der Waals surface area contributed by atoms with Gasteiger partial charge >= 0.3 is 0 Å². The van der Waals surface area contributed by atoms with Crippen molar-refractivity contribution in [3.8, 4) is 0 Å². The van der Waals surface area contributed by atoms with E-state index < -0.39 is 0 Å². The van der Waals surface area contributed by atoms with Gasteiger partial charge in [-0.2, -0.15) is 0 Å². The Balaban J connectivity index is 1.82. The van der Waals surface area contributed by atoms with E-state index in [-0.39, 0.29) is 29.1 Å². The minimum Gasteiger partial charge on any atom is -0.358 e. The lowest BCUT2D eigenvalue weighted by atomic mass is 9.63. The minimum absolute atomic E-state index is 0.0161. The lowest BCUT2D eigenvalue weighted by Gasteiger charge is -2.45. The standard InChI is InChI=1S/C17H16N2O2/c20-13-8-14-17(11-5-1-2-6-12(11)18-14)9-15(21)19-7-3-4-10(13)16(17)19/h1-2,5-6,8,10,16,18H,3-4,7,9H2/t10-,16+,17+/m0/s1. The van der Waals surface area contributed by atoms with Gasteiger partial charge in [0.15, 0.2) is 5.78 Å². The normalized spacial score (nSPS) is 35.8. The summed E-state index contributed by atoms with van der Waals surface area (Å²) in [5, 5.41) is 3.40. The van der Waals surface area contributed by atoms with Crippen LogP contribution in [-0.2, 0) is 15.0 Å². The van der Waals surface area contributed by atoms with Gasteiger partial charge in [-0.3, -0.25) is 9.59 Å². The molecule has 5 rings (SSSR count). The van der Waals surface area contributed by atoms with Gasteiger partial charge in [0.05, 0.1) is 11.5 Å². The van der Waals surface area contributed by atoms with Gasteiger partial charge in [0.1, 0.15) is 0 Å². The predicted molar refractivity (Wildman–Crippen MR) is 77.7 cm³/mol. The topological polar surface area (TPSA) is 49.4 Å². The van der Waals surface area contributed by atoms with Crippen molar-refractivity contribution in [3.05, 3.63) is 41.6 Å². The van der Waals surface area contributed by atoms with Crippen molar-refractivity contribution >= 4 is 17.4 Å². The number of piperidine rings is 1. The van der Waals surface area contributed by atoms with Gasteiger partial charge in [-0.05, 0) is 24.5 Å². The summed E-state index contributed by atoms with van der Waals surface area (Å²) in [6, 6.07) is 8.19. The maximum Gasteiger partial charge on any atom is 0.224 e. The number of allylic oxidation sites excluding steroid dienone is 1. The third kappa shape index (κ3) is 1.18. The molecule has 1 spiro atoms. The molecule has 21 heavy (non-hydrogen) atoms. The number of rotatable bonds is 0. The molecule has 4 nitrogen and oxygen atoms in total. The number of hydrogen-bond donors (Lipinski definition) is 1. The fourth-order valence-electron chi connectivity index (χ4n) is 4.93. The molecule has 4 heteroatoms. The largest absolute Gasteiger partial charge is 0.358 e. The average molecular weight is 280 g/mol. The Labute approximate surface area is 122 Å². The van der Waals surface area contributed by atoms with Gasteiger partial charge in [0.25, 0.3) is 0 Å².